The Morgan fingerprint density at radius 3 is 2.31 bits per heavy atom. The first kappa shape index (κ1) is 15.3. The van der Waals surface area contributed by atoms with Gasteiger partial charge in [0.25, 0.3) is 0 Å². The van der Waals surface area contributed by atoms with Gasteiger partial charge >= 0.3 is 0 Å². The summed E-state index contributed by atoms with van der Waals surface area (Å²) in [5.41, 5.74) is 6.23. The molecule has 0 radical (unpaired) electrons. The highest BCUT2D eigenvalue weighted by Gasteiger charge is 2.12. The first-order valence-electron chi connectivity index (χ1n) is 5.21. The first-order valence-corrected chi connectivity index (χ1v) is 5.21. The maximum Gasteiger partial charge on any atom is 0.130 e. The molecule has 0 fully saturated rings. The topological polar surface area (TPSA) is 26.0 Å². The third-order valence-corrected chi connectivity index (χ3v) is 2.42. The van der Waals surface area contributed by atoms with Crippen molar-refractivity contribution in [2.75, 3.05) is 0 Å². The lowest BCUT2D eigenvalue weighted by atomic mass is 9.98. The van der Waals surface area contributed by atoms with Gasteiger partial charge in [-0.15, -0.1) is 12.4 Å². The Morgan fingerprint density at radius 2 is 1.81 bits per heavy atom. The van der Waals surface area contributed by atoms with Gasteiger partial charge in [0.05, 0.1) is 0 Å². The number of rotatable bonds is 4. The van der Waals surface area contributed by atoms with Crippen molar-refractivity contribution >= 4 is 12.4 Å². The third-order valence-electron chi connectivity index (χ3n) is 2.42. The van der Waals surface area contributed by atoms with Crippen molar-refractivity contribution in [2.24, 2.45) is 11.7 Å². The average Bonchev–Trinajstić information content (AvgIpc) is 2.14. The van der Waals surface area contributed by atoms with Gasteiger partial charge in [-0.3, -0.25) is 0 Å². The molecule has 0 spiro atoms. The molecule has 0 unspecified atom stereocenters. The molecule has 1 atom stereocenters. The molecule has 0 saturated heterocycles. The molecule has 16 heavy (non-hydrogen) atoms. The molecule has 0 bridgehead atoms. The van der Waals surface area contributed by atoms with Gasteiger partial charge < -0.3 is 5.73 Å². The lowest BCUT2D eigenvalue weighted by molar-refractivity contribution is 0.487. The van der Waals surface area contributed by atoms with Crippen molar-refractivity contribution in [3.63, 3.8) is 0 Å². The molecule has 2 N–H and O–H groups in total. The maximum atomic E-state index is 13.3. The molecule has 1 rings (SSSR count). The first-order chi connectivity index (χ1) is 7.00. The highest BCUT2D eigenvalue weighted by atomic mass is 35.5. The summed E-state index contributed by atoms with van der Waals surface area (Å²) in [6, 6.07) is 3.21. The average molecular weight is 250 g/mol. The quantitative estimate of drug-likeness (QED) is 0.863. The summed E-state index contributed by atoms with van der Waals surface area (Å²) in [6.45, 7) is 4.18. The SMILES string of the molecule is CC(C)CC[C@@H](N)c1ccc(F)cc1F.Cl. The highest BCUT2D eigenvalue weighted by Crippen LogP contribution is 2.21. The number of hydrogen-bond acceptors (Lipinski definition) is 1. The van der Waals surface area contributed by atoms with Gasteiger partial charge in [0.1, 0.15) is 11.6 Å². The monoisotopic (exact) mass is 249 g/mol. The molecule has 0 aromatic heterocycles. The molecule has 1 nitrogen and oxygen atoms in total. The van der Waals surface area contributed by atoms with Crippen LogP contribution in [-0.2, 0) is 0 Å². The predicted molar refractivity (Wildman–Crippen MR) is 64.6 cm³/mol. The summed E-state index contributed by atoms with van der Waals surface area (Å²) < 4.78 is 25.9. The number of benzene rings is 1. The molecular formula is C12H18ClF2N. The van der Waals surface area contributed by atoms with Crippen LogP contribution in [-0.4, -0.2) is 0 Å². The van der Waals surface area contributed by atoms with E-state index in [-0.39, 0.29) is 18.4 Å². The van der Waals surface area contributed by atoms with Crippen LogP contribution in [0.1, 0.15) is 38.3 Å². The Labute approximate surface area is 101 Å². The van der Waals surface area contributed by atoms with E-state index in [2.05, 4.69) is 13.8 Å². The number of hydrogen-bond donors (Lipinski definition) is 1. The van der Waals surface area contributed by atoms with E-state index in [0.29, 0.717) is 11.5 Å². The number of halogens is 3. The van der Waals surface area contributed by atoms with Crippen molar-refractivity contribution in [3.05, 3.63) is 35.4 Å². The van der Waals surface area contributed by atoms with E-state index in [1.807, 2.05) is 0 Å². The third kappa shape index (κ3) is 4.45. The Balaban J connectivity index is 0.00000225. The summed E-state index contributed by atoms with van der Waals surface area (Å²) in [5, 5.41) is 0. The fourth-order valence-corrected chi connectivity index (χ4v) is 1.47. The lowest BCUT2D eigenvalue weighted by Crippen LogP contribution is -2.13. The Bertz CT molecular complexity index is 329. The van der Waals surface area contributed by atoms with Crippen LogP contribution in [0, 0.1) is 17.6 Å². The van der Waals surface area contributed by atoms with Crippen molar-refractivity contribution < 1.29 is 8.78 Å². The van der Waals surface area contributed by atoms with Crippen LogP contribution in [0.25, 0.3) is 0 Å². The Morgan fingerprint density at radius 1 is 1.19 bits per heavy atom. The molecule has 0 aliphatic rings. The molecule has 1 aromatic rings. The smallest absolute Gasteiger partial charge is 0.130 e. The van der Waals surface area contributed by atoms with Gasteiger partial charge in [-0.05, 0) is 24.8 Å². The van der Waals surface area contributed by atoms with Gasteiger partial charge in [0, 0.05) is 17.7 Å². The summed E-state index contributed by atoms with van der Waals surface area (Å²) in [7, 11) is 0. The summed E-state index contributed by atoms with van der Waals surface area (Å²) in [5.74, 6) is -0.571. The molecule has 0 aliphatic heterocycles. The Hall–Kier alpha value is -0.670. The van der Waals surface area contributed by atoms with Crippen LogP contribution in [0.2, 0.25) is 0 Å². The fourth-order valence-electron chi connectivity index (χ4n) is 1.47. The van der Waals surface area contributed by atoms with E-state index >= 15 is 0 Å². The minimum atomic E-state index is -0.563. The highest BCUT2D eigenvalue weighted by molar-refractivity contribution is 5.85. The molecule has 4 heteroatoms. The van der Waals surface area contributed by atoms with E-state index in [0.717, 1.165) is 18.9 Å². The van der Waals surface area contributed by atoms with Gasteiger partial charge in [0.15, 0.2) is 0 Å². The molecule has 1 aromatic carbocycles. The van der Waals surface area contributed by atoms with E-state index in [4.69, 9.17) is 5.73 Å². The molecule has 0 amide bonds. The maximum absolute atomic E-state index is 13.3. The van der Waals surface area contributed by atoms with Crippen molar-refractivity contribution in [1.29, 1.82) is 0 Å². The fraction of sp³-hybridized carbons (Fsp3) is 0.500. The standard InChI is InChI=1S/C12H17F2N.ClH/c1-8(2)3-6-12(15)10-5-4-9(13)7-11(10)14;/h4-5,7-8,12H,3,6,15H2,1-2H3;1H/t12-;/m1./s1. The van der Waals surface area contributed by atoms with E-state index in [1.165, 1.54) is 12.1 Å². The normalized spacial score (nSPS) is 12.4. The zero-order valence-corrected chi connectivity index (χ0v) is 10.4. The zero-order valence-electron chi connectivity index (χ0n) is 9.54. The summed E-state index contributed by atoms with van der Waals surface area (Å²) in [6.07, 6.45) is 1.66. The molecule has 0 heterocycles. The van der Waals surface area contributed by atoms with Crippen LogP contribution in [0.15, 0.2) is 18.2 Å². The second-order valence-corrected chi connectivity index (χ2v) is 4.24. The van der Waals surface area contributed by atoms with Crippen molar-refractivity contribution in [1.82, 2.24) is 0 Å². The van der Waals surface area contributed by atoms with Crippen LogP contribution in [0.5, 0.6) is 0 Å². The van der Waals surface area contributed by atoms with E-state index in [1.54, 1.807) is 0 Å². The second kappa shape index (κ2) is 6.81. The molecule has 92 valence electrons. The summed E-state index contributed by atoms with van der Waals surface area (Å²) >= 11 is 0. The molecule has 0 aliphatic carbocycles. The van der Waals surface area contributed by atoms with Crippen molar-refractivity contribution in [2.45, 2.75) is 32.7 Å². The van der Waals surface area contributed by atoms with Gasteiger partial charge in [-0.25, -0.2) is 8.78 Å². The van der Waals surface area contributed by atoms with E-state index in [9.17, 15) is 8.78 Å². The zero-order chi connectivity index (χ0) is 11.4. The van der Waals surface area contributed by atoms with E-state index < -0.39 is 11.6 Å². The molecule has 0 saturated carbocycles. The lowest BCUT2D eigenvalue weighted by Gasteiger charge is -2.14. The van der Waals surface area contributed by atoms with Crippen LogP contribution in [0.4, 0.5) is 8.78 Å². The summed E-state index contributed by atoms with van der Waals surface area (Å²) in [4.78, 5) is 0. The van der Waals surface area contributed by atoms with Gasteiger partial charge in [0.2, 0.25) is 0 Å². The van der Waals surface area contributed by atoms with Gasteiger partial charge in [-0.2, -0.15) is 0 Å². The molecular weight excluding hydrogens is 232 g/mol. The predicted octanol–water partition coefficient (Wildman–Crippen LogP) is 3.82. The largest absolute Gasteiger partial charge is 0.324 e. The van der Waals surface area contributed by atoms with Crippen molar-refractivity contribution in [3.8, 4) is 0 Å². The second-order valence-electron chi connectivity index (χ2n) is 4.24. The van der Waals surface area contributed by atoms with Crippen LogP contribution < -0.4 is 5.73 Å². The minimum Gasteiger partial charge on any atom is -0.324 e. The minimum absolute atomic E-state index is 0. The Kier molecular flexibility index (Phi) is 6.53. The number of nitrogens with two attached hydrogens (primary N) is 1. The van der Waals surface area contributed by atoms with Gasteiger partial charge in [-0.1, -0.05) is 19.9 Å². The van der Waals surface area contributed by atoms with Crippen LogP contribution >= 0.6 is 12.4 Å². The van der Waals surface area contributed by atoms with Crippen LogP contribution in [0.3, 0.4) is 0 Å².